The summed E-state index contributed by atoms with van der Waals surface area (Å²) in [5.41, 5.74) is 5.25. The first kappa shape index (κ1) is 19.2. The molecule has 1 aromatic carbocycles. The lowest BCUT2D eigenvalue weighted by atomic mass is 9.78. The molecule has 0 unspecified atom stereocenters. The van der Waals surface area contributed by atoms with E-state index in [4.69, 9.17) is 5.73 Å². The molecule has 6 nitrogen and oxygen atoms in total. The Morgan fingerprint density at radius 2 is 1.86 bits per heavy atom. The predicted octanol–water partition coefficient (Wildman–Crippen LogP) is 2.02. The van der Waals surface area contributed by atoms with Crippen LogP contribution in [0.25, 0.3) is 0 Å². The highest BCUT2D eigenvalue weighted by Crippen LogP contribution is 2.39. The number of hydrogen-bond donors (Lipinski definition) is 3. The molecule has 0 aliphatic rings. The summed E-state index contributed by atoms with van der Waals surface area (Å²) in [6.07, 6.45) is 0. The molecule has 0 radical (unpaired) electrons. The zero-order valence-corrected chi connectivity index (χ0v) is 13.2. The average molecular weight is 318 g/mol. The summed E-state index contributed by atoms with van der Waals surface area (Å²) in [5, 5.41) is 19.3. The lowest BCUT2D eigenvalue weighted by molar-refractivity contribution is -0.152. The molecule has 0 fully saturated rings. The van der Waals surface area contributed by atoms with Crippen LogP contribution in [0, 0.1) is 12.3 Å². The Kier molecular flexibility index (Phi) is 6.20. The van der Waals surface area contributed by atoms with Crippen molar-refractivity contribution in [3.8, 4) is 5.75 Å². The van der Waals surface area contributed by atoms with Crippen LogP contribution in [0.2, 0.25) is 0 Å². The van der Waals surface area contributed by atoms with Gasteiger partial charge in [-0.05, 0) is 32.4 Å². The molecule has 0 heterocycles. The molecule has 0 aliphatic heterocycles. The Morgan fingerprint density at radius 1 is 1.33 bits per heavy atom. The van der Waals surface area contributed by atoms with Gasteiger partial charge in [0.2, 0.25) is 0 Å². The SMILES string of the molecule is COC(=O)C(C)(C)[C@@H](N)c1c(C(=O)O)ccc(C)c1O.Cl. The molecule has 7 heteroatoms. The quantitative estimate of drug-likeness (QED) is 0.733. The van der Waals surface area contributed by atoms with E-state index in [0.717, 1.165) is 0 Å². The van der Waals surface area contributed by atoms with Crippen molar-refractivity contribution in [1.82, 2.24) is 0 Å². The van der Waals surface area contributed by atoms with Crippen LogP contribution in [0.4, 0.5) is 0 Å². The maximum Gasteiger partial charge on any atom is 0.336 e. The van der Waals surface area contributed by atoms with E-state index < -0.39 is 23.4 Å². The Balaban J connectivity index is 0.00000400. The van der Waals surface area contributed by atoms with Gasteiger partial charge < -0.3 is 20.7 Å². The number of ether oxygens (including phenoxy) is 1. The number of aromatic carboxylic acids is 1. The Bertz CT molecular complexity index is 557. The molecule has 1 aromatic rings. The first-order chi connectivity index (χ1) is 9.14. The first-order valence-electron chi connectivity index (χ1n) is 6.04. The van der Waals surface area contributed by atoms with Crippen molar-refractivity contribution < 1.29 is 24.5 Å². The number of hydrogen-bond acceptors (Lipinski definition) is 5. The maximum atomic E-state index is 11.8. The number of nitrogens with two attached hydrogens (primary N) is 1. The number of aromatic hydroxyl groups is 1. The molecular weight excluding hydrogens is 298 g/mol. The van der Waals surface area contributed by atoms with Gasteiger partial charge in [-0.1, -0.05) is 6.07 Å². The van der Waals surface area contributed by atoms with Gasteiger partial charge in [0.15, 0.2) is 0 Å². The molecular formula is C14H20ClNO5. The molecule has 0 aliphatic carbocycles. The number of carboxylic acids is 1. The maximum absolute atomic E-state index is 11.8. The topological polar surface area (TPSA) is 110 Å². The van der Waals surface area contributed by atoms with Gasteiger partial charge >= 0.3 is 11.9 Å². The minimum Gasteiger partial charge on any atom is -0.507 e. The summed E-state index contributed by atoms with van der Waals surface area (Å²) in [5.74, 6) is -2.01. The van der Waals surface area contributed by atoms with Crippen LogP contribution in [0.15, 0.2) is 12.1 Å². The third kappa shape index (κ3) is 3.46. The Labute approximate surface area is 129 Å². The second kappa shape index (κ2) is 6.78. The number of carboxylic acid groups (broad SMARTS) is 1. The van der Waals surface area contributed by atoms with Gasteiger partial charge in [0.25, 0.3) is 0 Å². The fraction of sp³-hybridized carbons (Fsp3) is 0.429. The van der Waals surface area contributed by atoms with Crippen LogP contribution < -0.4 is 5.73 Å². The number of phenolic OH excluding ortho intramolecular Hbond substituents is 1. The predicted molar refractivity (Wildman–Crippen MR) is 79.8 cm³/mol. The van der Waals surface area contributed by atoms with Crippen molar-refractivity contribution in [2.45, 2.75) is 26.8 Å². The molecule has 4 N–H and O–H groups in total. The molecule has 21 heavy (non-hydrogen) atoms. The summed E-state index contributed by atoms with van der Waals surface area (Å²) >= 11 is 0. The van der Waals surface area contributed by atoms with E-state index in [1.807, 2.05) is 0 Å². The Hall–Kier alpha value is -1.79. The van der Waals surface area contributed by atoms with Crippen molar-refractivity contribution in [3.05, 3.63) is 28.8 Å². The number of carbonyl (C=O) groups is 2. The van der Waals surface area contributed by atoms with Crippen LogP contribution in [0.1, 0.15) is 41.4 Å². The van der Waals surface area contributed by atoms with Gasteiger partial charge in [-0.15, -0.1) is 12.4 Å². The molecule has 118 valence electrons. The summed E-state index contributed by atoms with van der Waals surface area (Å²) < 4.78 is 4.68. The molecule has 0 saturated carbocycles. The number of aryl methyl sites for hydroxylation is 1. The number of halogens is 1. The van der Waals surface area contributed by atoms with Gasteiger partial charge in [-0.25, -0.2) is 4.79 Å². The van der Waals surface area contributed by atoms with Crippen molar-refractivity contribution in [2.75, 3.05) is 7.11 Å². The van der Waals surface area contributed by atoms with Gasteiger partial charge in [0, 0.05) is 11.6 Å². The zero-order valence-electron chi connectivity index (χ0n) is 12.3. The van der Waals surface area contributed by atoms with Crippen LogP contribution in [0.5, 0.6) is 5.75 Å². The third-order valence-corrected chi connectivity index (χ3v) is 3.45. The summed E-state index contributed by atoms with van der Waals surface area (Å²) in [7, 11) is 1.23. The van der Waals surface area contributed by atoms with Crippen LogP contribution in [0.3, 0.4) is 0 Å². The van der Waals surface area contributed by atoms with Gasteiger partial charge in [-0.3, -0.25) is 4.79 Å². The van der Waals surface area contributed by atoms with E-state index in [0.29, 0.717) is 5.56 Å². The number of esters is 1. The van der Waals surface area contributed by atoms with E-state index in [2.05, 4.69) is 4.74 Å². The number of carbonyl (C=O) groups excluding carboxylic acids is 1. The smallest absolute Gasteiger partial charge is 0.336 e. The number of rotatable bonds is 4. The summed E-state index contributed by atoms with van der Waals surface area (Å²) in [6.45, 7) is 4.70. The summed E-state index contributed by atoms with van der Waals surface area (Å²) in [4.78, 5) is 23.1. The number of benzene rings is 1. The minimum atomic E-state index is -1.22. The van der Waals surface area contributed by atoms with E-state index in [-0.39, 0.29) is 29.3 Å². The fourth-order valence-corrected chi connectivity index (χ4v) is 1.97. The highest BCUT2D eigenvalue weighted by Gasteiger charge is 2.39. The van der Waals surface area contributed by atoms with Gasteiger partial charge in [-0.2, -0.15) is 0 Å². The molecule has 0 saturated heterocycles. The lowest BCUT2D eigenvalue weighted by Crippen LogP contribution is -2.38. The number of methoxy groups -OCH3 is 1. The van der Waals surface area contributed by atoms with E-state index in [1.54, 1.807) is 6.92 Å². The van der Waals surface area contributed by atoms with Crippen molar-refractivity contribution in [1.29, 1.82) is 0 Å². The highest BCUT2D eigenvalue weighted by molar-refractivity contribution is 5.91. The molecule has 0 amide bonds. The minimum absolute atomic E-state index is 0. The molecule has 0 bridgehead atoms. The lowest BCUT2D eigenvalue weighted by Gasteiger charge is -2.30. The van der Waals surface area contributed by atoms with Gasteiger partial charge in [0.1, 0.15) is 5.75 Å². The van der Waals surface area contributed by atoms with Crippen LogP contribution in [-0.4, -0.2) is 29.3 Å². The largest absolute Gasteiger partial charge is 0.507 e. The third-order valence-electron chi connectivity index (χ3n) is 3.45. The monoisotopic (exact) mass is 317 g/mol. The van der Waals surface area contributed by atoms with E-state index in [9.17, 15) is 19.8 Å². The second-order valence-electron chi connectivity index (χ2n) is 5.19. The first-order valence-corrected chi connectivity index (χ1v) is 6.04. The number of phenols is 1. The molecule has 0 aromatic heterocycles. The Morgan fingerprint density at radius 3 is 2.29 bits per heavy atom. The average Bonchev–Trinajstić information content (AvgIpc) is 2.39. The van der Waals surface area contributed by atoms with E-state index in [1.165, 1.54) is 33.1 Å². The zero-order chi connectivity index (χ0) is 15.7. The van der Waals surface area contributed by atoms with Crippen molar-refractivity contribution >= 4 is 24.3 Å². The van der Waals surface area contributed by atoms with Crippen molar-refractivity contribution in [2.24, 2.45) is 11.1 Å². The fourth-order valence-electron chi connectivity index (χ4n) is 1.97. The standard InChI is InChI=1S/C14H19NO5.ClH/c1-7-5-6-8(12(17)18)9(10(7)16)11(15)14(2,3)13(19)20-4;/h5-6,11,16H,15H2,1-4H3,(H,17,18);1H/t11-;/m0./s1. The highest BCUT2D eigenvalue weighted by atomic mass is 35.5. The van der Waals surface area contributed by atoms with E-state index >= 15 is 0 Å². The van der Waals surface area contributed by atoms with Crippen LogP contribution in [-0.2, 0) is 9.53 Å². The second-order valence-corrected chi connectivity index (χ2v) is 5.19. The summed E-state index contributed by atoms with van der Waals surface area (Å²) in [6, 6.07) is 1.83. The van der Waals surface area contributed by atoms with Crippen LogP contribution >= 0.6 is 12.4 Å². The van der Waals surface area contributed by atoms with Crippen molar-refractivity contribution in [3.63, 3.8) is 0 Å². The van der Waals surface area contributed by atoms with Gasteiger partial charge in [0.05, 0.1) is 18.1 Å². The normalized spacial score (nSPS) is 12.2. The molecule has 0 spiro atoms. The molecule has 1 atom stereocenters. The molecule has 1 rings (SSSR count).